The lowest BCUT2D eigenvalue weighted by atomic mass is 10.2. The average Bonchev–Trinajstić information content (AvgIpc) is 2.80. The first-order chi connectivity index (χ1) is 10.6. The van der Waals surface area contributed by atoms with E-state index in [0.717, 1.165) is 17.1 Å². The summed E-state index contributed by atoms with van der Waals surface area (Å²) in [6.07, 6.45) is 0. The number of nitrogens with zero attached hydrogens (tertiary/aromatic N) is 2. The van der Waals surface area contributed by atoms with Gasteiger partial charge in [0.05, 0.1) is 18.4 Å². The minimum absolute atomic E-state index is 0. The number of aryl methyl sites for hydroxylation is 2. The third-order valence-electron chi connectivity index (χ3n) is 3.41. The zero-order chi connectivity index (χ0) is 15.9. The fourth-order valence-electron chi connectivity index (χ4n) is 2.31. The van der Waals surface area contributed by atoms with Gasteiger partial charge >= 0.3 is 0 Å². The Morgan fingerprint density at radius 3 is 2.61 bits per heavy atom. The first kappa shape index (κ1) is 19.0. The van der Waals surface area contributed by atoms with E-state index in [1.807, 2.05) is 32.2 Å². The molecule has 0 radical (unpaired) electrons. The molecule has 6 nitrogen and oxygen atoms in total. The van der Waals surface area contributed by atoms with Crippen molar-refractivity contribution in [3.63, 3.8) is 0 Å². The zero-order valence-electron chi connectivity index (χ0n) is 13.6. The van der Waals surface area contributed by atoms with E-state index in [1.165, 1.54) is 0 Å². The standard InChI is InChI=1S/C16H22N4O2.ClH/c1-12-14(16(22-3)20(2)19-12)11-17-9-10-18-15(21)13-7-5-4-6-8-13;/h4-8,17H,9-11H2,1-3H3,(H,18,21);1H. The van der Waals surface area contributed by atoms with Crippen LogP contribution < -0.4 is 15.4 Å². The third-order valence-corrected chi connectivity index (χ3v) is 3.41. The molecule has 1 aromatic carbocycles. The van der Waals surface area contributed by atoms with Crippen molar-refractivity contribution in [2.24, 2.45) is 7.05 Å². The second-order valence-electron chi connectivity index (χ2n) is 5.00. The smallest absolute Gasteiger partial charge is 0.251 e. The Morgan fingerprint density at radius 1 is 1.26 bits per heavy atom. The highest BCUT2D eigenvalue weighted by Gasteiger charge is 2.12. The van der Waals surface area contributed by atoms with Crippen molar-refractivity contribution in [1.29, 1.82) is 0 Å². The van der Waals surface area contributed by atoms with Crippen LogP contribution in [0.2, 0.25) is 0 Å². The van der Waals surface area contributed by atoms with Crippen molar-refractivity contribution in [1.82, 2.24) is 20.4 Å². The Hall–Kier alpha value is -2.05. The van der Waals surface area contributed by atoms with Crippen LogP contribution in [0.1, 0.15) is 21.6 Å². The largest absolute Gasteiger partial charge is 0.481 e. The summed E-state index contributed by atoms with van der Waals surface area (Å²) in [5.74, 6) is 0.705. The number of ether oxygens (including phenoxy) is 1. The summed E-state index contributed by atoms with van der Waals surface area (Å²) in [6, 6.07) is 9.19. The van der Waals surface area contributed by atoms with E-state index in [1.54, 1.807) is 23.9 Å². The van der Waals surface area contributed by atoms with Crippen LogP contribution in [-0.4, -0.2) is 35.9 Å². The van der Waals surface area contributed by atoms with E-state index in [-0.39, 0.29) is 18.3 Å². The minimum Gasteiger partial charge on any atom is -0.481 e. The number of methoxy groups -OCH3 is 1. The van der Waals surface area contributed by atoms with Crippen LogP contribution in [0, 0.1) is 6.92 Å². The van der Waals surface area contributed by atoms with Gasteiger partial charge in [-0.2, -0.15) is 5.10 Å². The highest BCUT2D eigenvalue weighted by molar-refractivity contribution is 5.94. The molecule has 0 unspecified atom stereocenters. The van der Waals surface area contributed by atoms with E-state index in [4.69, 9.17) is 4.74 Å². The van der Waals surface area contributed by atoms with Crippen molar-refractivity contribution in [2.45, 2.75) is 13.5 Å². The number of hydrogen-bond donors (Lipinski definition) is 2. The van der Waals surface area contributed by atoms with Gasteiger partial charge in [0.15, 0.2) is 0 Å². The Balaban J connectivity index is 0.00000264. The number of rotatable bonds is 7. The molecule has 2 aromatic rings. The van der Waals surface area contributed by atoms with Crippen molar-refractivity contribution >= 4 is 18.3 Å². The molecule has 1 amide bonds. The normalized spacial score (nSPS) is 10.0. The summed E-state index contributed by atoms with van der Waals surface area (Å²) < 4.78 is 7.07. The Kier molecular flexibility index (Phi) is 7.57. The molecule has 0 spiro atoms. The van der Waals surface area contributed by atoms with Gasteiger partial charge < -0.3 is 15.4 Å². The highest BCUT2D eigenvalue weighted by atomic mass is 35.5. The number of carbonyl (C=O) groups excluding carboxylic acids is 1. The molecule has 0 aliphatic carbocycles. The van der Waals surface area contributed by atoms with Crippen LogP contribution in [0.25, 0.3) is 0 Å². The van der Waals surface area contributed by atoms with Crippen molar-refractivity contribution in [2.75, 3.05) is 20.2 Å². The van der Waals surface area contributed by atoms with Gasteiger partial charge in [0.25, 0.3) is 5.91 Å². The molecule has 2 rings (SSSR count). The maximum absolute atomic E-state index is 11.9. The van der Waals surface area contributed by atoms with E-state index >= 15 is 0 Å². The van der Waals surface area contributed by atoms with Crippen molar-refractivity contribution in [3.8, 4) is 5.88 Å². The topological polar surface area (TPSA) is 68.2 Å². The van der Waals surface area contributed by atoms with Gasteiger partial charge in [0.1, 0.15) is 0 Å². The first-order valence-corrected chi connectivity index (χ1v) is 7.24. The van der Waals surface area contributed by atoms with Crippen LogP contribution in [0.4, 0.5) is 0 Å². The van der Waals surface area contributed by atoms with E-state index in [9.17, 15) is 4.79 Å². The number of amides is 1. The summed E-state index contributed by atoms with van der Waals surface area (Å²) in [5, 5.41) is 10.5. The minimum atomic E-state index is -0.0578. The second-order valence-corrected chi connectivity index (χ2v) is 5.00. The van der Waals surface area contributed by atoms with Crippen molar-refractivity contribution < 1.29 is 9.53 Å². The van der Waals surface area contributed by atoms with Crippen LogP contribution in [0.5, 0.6) is 5.88 Å². The molecule has 126 valence electrons. The molecule has 1 heterocycles. The average molecular weight is 339 g/mol. The molecule has 0 aliphatic heterocycles. The monoisotopic (exact) mass is 338 g/mol. The Bertz CT molecular complexity index is 629. The van der Waals surface area contributed by atoms with Crippen LogP contribution >= 0.6 is 12.4 Å². The van der Waals surface area contributed by atoms with Crippen LogP contribution in [0.15, 0.2) is 30.3 Å². The van der Waals surface area contributed by atoms with Gasteiger partial charge in [-0.3, -0.25) is 4.79 Å². The Labute approximate surface area is 142 Å². The maximum atomic E-state index is 11.9. The number of benzene rings is 1. The number of halogens is 1. The summed E-state index contributed by atoms with van der Waals surface area (Å²) in [4.78, 5) is 11.9. The molecule has 0 fully saturated rings. The quantitative estimate of drug-likeness (QED) is 0.754. The number of hydrogen-bond acceptors (Lipinski definition) is 4. The second kappa shape index (κ2) is 9.17. The molecule has 0 saturated carbocycles. The summed E-state index contributed by atoms with van der Waals surface area (Å²) in [6.45, 7) is 3.85. The lowest BCUT2D eigenvalue weighted by molar-refractivity contribution is 0.0954. The maximum Gasteiger partial charge on any atom is 0.251 e. The summed E-state index contributed by atoms with van der Waals surface area (Å²) in [5.41, 5.74) is 2.66. The number of carbonyl (C=O) groups is 1. The summed E-state index contributed by atoms with van der Waals surface area (Å²) >= 11 is 0. The van der Waals surface area contributed by atoms with Crippen molar-refractivity contribution in [3.05, 3.63) is 47.2 Å². The zero-order valence-corrected chi connectivity index (χ0v) is 14.4. The van der Waals surface area contributed by atoms with E-state index < -0.39 is 0 Å². The molecule has 0 saturated heterocycles. The van der Waals surface area contributed by atoms with Crippen LogP contribution in [0.3, 0.4) is 0 Å². The van der Waals surface area contributed by atoms with Crippen LogP contribution in [-0.2, 0) is 13.6 Å². The predicted molar refractivity (Wildman–Crippen MR) is 92.2 cm³/mol. The van der Waals surface area contributed by atoms with Gasteiger partial charge in [-0.05, 0) is 19.1 Å². The number of nitrogens with one attached hydrogen (secondary N) is 2. The molecular weight excluding hydrogens is 316 g/mol. The first-order valence-electron chi connectivity index (χ1n) is 7.24. The molecule has 0 atom stereocenters. The highest BCUT2D eigenvalue weighted by Crippen LogP contribution is 2.20. The fraction of sp³-hybridized carbons (Fsp3) is 0.375. The molecule has 0 aliphatic rings. The van der Waals surface area contributed by atoms with E-state index in [0.29, 0.717) is 25.2 Å². The molecule has 1 aromatic heterocycles. The van der Waals surface area contributed by atoms with Gasteiger partial charge in [0, 0.05) is 32.2 Å². The molecule has 2 N–H and O–H groups in total. The molecular formula is C16H23ClN4O2. The molecule has 7 heteroatoms. The lowest BCUT2D eigenvalue weighted by Crippen LogP contribution is -2.31. The molecule has 0 bridgehead atoms. The van der Waals surface area contributed by atoms with Gasteiger partial charge in [-0.15, -0.1) is 12.4 Å². The third kappa shape index (κ3) is 4.97. The summed E-state index contributed by atoms with van der Waals surface area (Å²) in [7, 11) is 3.50. The van der Waals surface area contributed by atoms with Gasteiger partial charge in [-0.1, -0.05) is 18.2 Å². The Morgan fingerprint density at radius 2 is 1.96 bits per heavy atom. The van der Waals surface area contributed by atoms with Gasteiger partial charge in [-0.25, -0.2) is 4.68 Å². The molecule has 23 heavy (non-hydrogen) atoms. The number of aromatic nitrogens is 2. The van der Waals surface area contributed by atoms with Gasteiger partial charge in [0.2, 0.25) is 5.88 Å². The lowest BCUT2D eigenvalue weighted by Gasteiger charge is -2.08. The SMILES string of the molecule is COc1c(CNCCNC(=O)c2ccccc2)c(C)nn1C.Cl. The fourth-order valence-corrected chi connectivity index (χ4v) is 2.31. The van der Waals surface area contributed by atoms with E-state index in [2.05, 4.69) is 15.7 Å². The predicted octanol–water partition coefficient (Wildman–Crippen LogP) is 1.68.